The molecule has 1 aliphatic rings. The molecule has 1 amide bonds. The summed E-state index contributed by atoms with van der Waals surface area (Å²) in [6.07, 6.45) is 6.70. The molecule has 1 N–H and O–H groups in total. The van der Waals surface area contributed by atoms with Crippen molar-refractivity contribution in [3.8, 4) is 0 Å². The van der Waals surface area contributed by atoms with Gasteiger partial charge in [-0.1, -0.05) is 6.92 Å². The summed E-state index contributed by atoms with van der Waals surface area (Å²) in [7, 11) is 0. The fourth-order valence-electron chi connectivity index (χ4n) is 2.87. The average Bonchev–Trinajstić information content (AvgIpc) is 3.10. The summed E-state index contributed by atoms with van der Waals surface area (Å²) >= 11 is 0. The second-order valence-electron chi connectivity index (χ2n) is 5.69. The Labute approximate surface area is 124 Å². The van der Waals surface area contributed by atoms with Gasteiger partial charge in [0.15, 0.2) is 5.76 Å². The van der Waals surface area contributed by atoms with E-state index in [4.69, 9.17) is 4.42 Å². The van der Waals surface area contributed by atoms with Crippen LogP contribution in [-0.2, 0) is 19.4 Å². The van der Waals surface area contributed by atoms with Gasteiger partial charge in [0.05, 0.1) is 0 Å². The summed E-state index contributed by atoms with van der Waals surface area (Å²) in [5, 5.41) is 3.00. The molecule has 5 heteroatoms. The molecule has 0 saturated heterocycles. The minimum absolute atomic E-state index is 0.108. The number of aromatic nitrogens is 2. The number of furan rings is 1. The highest BCUT2D eigenvalue weighted by Crippen LogP contribution is 2.19. The Morgan fingerprint density at radius 2 is 2.43 bits per heavy atom. The molecule has 0 aliphatic carbocycles. The van der Waals surface area contributed by atoms with Crippen LogP contribution in [0.25, 0.3) is 0 Å². The lowest BCUT2D eigenvalue weighted by molar-refractivity contribution is 0.0913. The van der Waals surface area contributed by atoms with Crippen molar-refractivity contribution >= 4 is 5.91 Å². The quantitative estimate of drug-likeness (QED) is 0.939. The molecule has 3 rings (SSSR count). The Balaban J connectivity index is 1.58. The van der Waals surface area contributed by atoms with Gasteiger partial charge in [0.2, 0.25) is 0 Å². The third-order valence-electron chi connectivity index (χ3n) is 4.11. The van der Waals surface area contributed by atoms with Gasteiger partial charge >= 0.3 is 0 Å². The second-order valence-corrected chi connectivity index (χ2v) is 5.69. The third kappa shape index (κ3) is 2.86. The number of imidazole rings is 1. The standard InChI is InChI=1S/C16H21N3O2/c1-3-13-8-11(2)15(21-13)16(20)18-9-12-4-5-14-17-6-7-19(14)10-12/h6-8,12H,3-5,9-10H2,1-2H3,(H,18,20)/t12-/m1/s1. The van der Waals surface area contributed by atoms with Gasteiger partial charge in [-0.15, -0.1) is 0 Å². The van der Waals surface area contributed by atoms with Crippen molar-refractivity contribution in [1.82, 2.24) is 14.9 Å². The number of hydrogen-bond acceptors (Lipinski definition) is 3. The highest BCUT2D eigenvalue weighted by Gasteiger charge is 2.21. The maximum Gasteiger partial charge on any atom is 0.287 e. The molecule has 3 heterocycles. The van der Waals surface area contributed by atoms with Gasteiger partial charge in [0.1, 0.15) is 11.6 Å². The van der Waals surface area contributed by atoms with E-state index in [2.05, 4.69) is 14.9 Å². The number of amides is 1. The second kappa shape index (κ2) is 5.76. The van der Waals surface area contributed by atoms with Gasteiger partial charge in [-0.2, -0.15) is 0 Å². The first kappa shape index (κ1) is 13.9. The summed E-state index contributed by atoms with van der Waals surface area (Å²) in [4.78, 5) is 16.5. The zero-order valence-electron chi connectivity index (χ0n) is 12.6. The molecule has 0 fully saturated rings. The number of nitrogens with one attached hydrogen (secondary N) is 1. The van der Waals surface area contributed by atoms with Crippen LogP contribution in [0.2, 0.25) is 0 Å². The van der Waals surface area contributed by atoms with Crippen LogP contribution in [-0.4, -0.2) is 22.0 Å². The van der Waals surface area contributed by atoms with Crippen molar-refractivity contribution < 1.29 is 9.21 Å². The third-order valence-corrected chi connectivity index (χ3v) is 4.11. The summed E-state index contributed by atoms with van der Waals surface area (Å²) in [6, 6.07) is 1.94. The molecule has 0 unspecified atom stereocenters. The summed E-state index contributed by atoms with van der Waals surface area (Å²) in [6.45, 7) is 5.53. The van der Waals surface area contributed by atoms with Crippen LogP contribution < -0.4 is 5.32 Å². The first-order valence-electron chi connectivity index (χ1n) is 7.55. The zero-order chi connectivity index (χ0) is 14.8. The lowest BCUT2D eigenvalue weighted by Gasteiger charge is -2.23. The first-order chi connectivity index (χ1) is 10.2. The van der Waals surface area contributed by atoms with E-state index in [1.807, 2.05) is 32.3 Å². The summed E-state index contributed by atoms with van der Waals surface area (Å²) < 4.78 is 7.76. The van der Waals surface area contributed by atoms with E-state index in [1.54, 1.807) is 0 Å². The van der Waals surface area contributed by atoms with Crippen LogP contribution in [0.15, 0.2) is 22.9 Å². The monoisotopic (exact) mass is 287 g/mol. The normalized spacial score (nSPS) is 17.5. The molecule has 0 spiro atoms. The molecular weight excluding hydrogens is 266 g/mol. The van der Waals surface area contributed by atoms with Gasteiger partial charge in [-0.25, -0.2) is 4.98 Å². The van der Waals surface area contributed by atoms with Crippen LogP contribution in [0.5, 0.6) is 0 Å². The molecule has 21 heavy (non-hydrogen) atoms. The number of carbonyl (C=O) groups is 1. The van der Waals surface area contributed by atoms with Crippen molar-refractivity contribution in [2.75, 3.05) is 6.54 Å². The minimum atomic E-state index is -0.108. The SMILES string of the molecule is CCc1cc(C)c(C(=O)NC[C@H]2CCc3nccn3C2)o1. The highest BCUT2D eigenvalue weighted by molar-refractivity contribution is 5.92. The van der Waals surface area contributed by atoms with Crippen molar-refractivity contribution in [3.05, 3.63) is 41.4 Å². The lowest BCUT2D eigenvalue weighted by atomic mass is 9.99. The predicted molar refractivity (Wildman–Crippen MR) is 79.2 cm³/mol. The Kier molecular flexibility index (Phi) is 3.82. The Hall–Kier alpha value is -2.04. The van der Waals surface area contributed by atoms with Gasteiger partial charge in [0, 0.05) is 43.9 Å². The van der Waals surface area contributed by atoms with E-state index in [1.165, 1.54) is 0 Å². The Morgan fingerprint density at radius 1 is 1.57 bits per heavy atom. The van der Waals surface area contributed by atoms with E-state index in [-0.39, 0.29) is 5.91 Å². The van der Waals surface area contributed by atoms with E-state index < -0.39 is 0 Å². The minimum Gasteiger partial charge on any atom is -0.456 e. The first-order valence-corrected chi connectivity index (χ1v) is 7.55. The molecule has 2 aromatic heterocycles. The van der Waals surface area contributed by atoms with Crippen LogP contribution in [0.4, 0.5) is 0 Å². The summed E-state index contributed by atoms with van der Waals surface area (Å²) in [5.74, 6) is 2.80. The van der Waals surface area contributed by atoms with E-state index in [0.717, 1.165) is 43.0 Å². The topological polar surface area (TPSA) is 60.1 Å². The van der Waals surface area contributed by atoms with Gasteiger partial charge in [-0.3, -0.25) is 4.79 Å². The van der Waals surface area contributed by atoms with Crippen LogP contribution in [0.1, 0.15) is 41.0 Å². The van der Waals surface area contributed by atoms with Crippen LogP contribution >= 0.6 is 0 Å². The van der Waals surface area contributed by atoms with E-state index in [9.17, 15) is 4.79 Å². The molecule has 0 aromatic carbocycles. The molecular formula is C16H21N3O2. The Bertz CT molecular complexity index is 642. The van der Waals surface area contributed by atoms with Crippen LogP contribution in [0, 0.1) is 12.8 Å². The van der Waals surface area contributed by atoms with Crippen molar-refractivity contribution in [3.63, 3.8) is 0 Å². The number of nitrogens with zero attached hydrogens (tertiary/aromatic N) is 2. The molecule has 5 nitrogen and oxygen atoms in total. The molecule has 0 bridgehead atoms. The van der Waals surface area contributed by atoms with Crippen molar-refractivity contribution in [2.24, 2.45) is 5.92 Å². The van der Waals surface area contributed by atoms with Gasteiger partial charge in [0.25, 0.3) is 5.91 Å². The number of fused-ring (bicyclic) bond motifs is 1. The van der Waals surface area contributed by atoms with Crippen LogP contribution in [0.3, 0.4) is 0 Å². The number of hydrogen-bond donors (Lipinski definition) is 1. The molecule has 0 radical (unpaired) electrons. The van der Waals surface area contributed by atoms with E-state index in [0.29, 0.717) is 18.2 Å². The summed E-state index contributed by atoms with van der Waals surface area (Å²) in [5.41, 5.74) is 0.907. The number of rotatable bonds is 4. The maximum absolute atomic E-state index is 12.2. The number of carbonyl (C=O) groups excluding carboxylic acids is 1. The molecule has 1 atom stereocenters. The predicted octanol–water partition coefficient (Wildman–Crippen LogP) is 2.34. The maximum atomic E-state index is 12.2. The fourth-order valence-corrected chi connectivity index (χ4v) is 2.87. The largest absolute Gasteiger partial charge is 0.456 e. The lowest BCUT2D eigenvalue weighted by Crippen LogP contribution is -2.33. The Morgan fingerprint density at radius 3 is 3.19 bits per heavy atom. The fraction of sp³-hybridized carbons (Fsp3) is 0.500. The average molecular weight is 287 g/mol. The molecule has 112 valence electrons. The van der Waals surface area contributed by atoms with E-state index >= 15 is 0 Å². The molecule has 1 aliphatic heterocycles. The number of aryl methyl sites for hydroxylation is 3. The smallest absolute Gasteiger partial charge is 0.287 e. The zero-order valence-corrected chi connectivity index (χ0v) is 12.6. The molecule has 2 aromatic rings. The molecule has 0 saturated carbocycles. The van der Waals surface area contributed by atoms with Crippen molar-refractivity contribution in [1.29, 1.82) is 0 Å². The van der Waals surface area contributed by atoms with Gasteiger partial charge in [-0.05, 0) is 25.3 Å². The highest BCUT2D eigenvalue weighted by atomic mass is 16.4. The van der Waals surface area contributed by atoms with Gasteiger partial charge < -0.3 is 14.3 Å². The van der Waals surface area contributed by atoms with Crippen molar-refractivity contribution in [2.45, 2.75) is 39.7 Å².